The van der Waals surface area contributed by atoms with Crippen molar-refractivity contribution in [3.8, 4) is 0 Å². The summed E-state index contributed by atoms with van der Waals surface area (Å²) in [4.78, 5) is 6.92. The Kier molecular flexibility index (Phi) is 2.56. The molecule has 3 rings (SSSR count). The Morgan fingerprint density at radius 3 is 2.62 bits per heavy atom. The van der Waals surface area contributed by atoms with Gasteiger partial charge in [-0.25, -0.2) is 0 Å². The zero-order valence-electron chi connectivity index (χ0n) is 9.60. The van der Waals surface area contributed by atoms with Gasteiger partial charge in [0, 0.05) is 19.6 Å². The highest BCUT2D eigenvalue weighted by Gasteiger charge is 2.35. The lowest BCUT2D eigenvalue weighted by molar-refractivity contribution is 0.300. The Morgan fingerprint density at radius 2 is 2.00 bits per heavy atom. The summed E-state index contributed by atoms with van der Waals surface area (Å²) in [5.74, 6) is 1.93. The molecule has 1 aliphatic carbocycles. The molecule has 0 radical (unpaired) electrons. The summed E-state index contributed by atoms with van der Waals surface area (Å²) in [5, 5.41) is 0. The molecule has 2 N–H and O–H groups in total. The first kappa shape index (κ1) is 10.1. The second kappa shape index (κ2) is 4.06. The third-order valence-corrected chi connectivity index (χ3v) is 4.04. The van der Waals surface area contributed by atoms with Gasteiger partial charge in [-0.2, -0.15) is 0 Å². The van der Waals surface area contributed by atoms with Crippen LogP contribution in [0.1, 0.15) is 25.0 Å². The lowest BCUT2D eigenvalue weighted by Gasteiger charge is -2.15. The van der Waals surface area contributed by atoms with Crippen LogP contribution in [0, 0.1) is 11.8 Å². The van der Waals surface area contributed by atoms with Crippen molar-refractivity contribution in [2.75, 3.05) is 18.8 Å². The zero-order valence-corrected chi connectivity index (χ0v) is 9.60. The fourth-order valence-electron chi connectivity index (χ4n) is 3.22. The number of nitrogens with two attached hydrogens (primary N) is 1. The van der Waals surface area contributed by atoms with Gasteiger partial charge >= 0.3 is 0 Å². The first-order chi connectivity index (χ1) is 7.81. The van der Waals surface area contributed by atoms with E-state index in [1.54, 1.807) is 6.20 Å². The predicted molar refractivity (Wildman–Crippen MR) is 64.8 cm³/mol. The van der Waals surface area contributed by atoms with Gasteiger partial charge in [-0.3, -0.25) is 9.88 Å². The monoisotopic (exact) mass is 217 g/mol. The fraction of sp³-hybridized carbons (Fsp3) is 0.615. The Labute approximate surface area is 96.7 Å². The molecular formula is C13H19N3. The summed E-state index contributed by atoms with van der Waals surface area (Å²) in [7, 11) is 0. The van der Waals surface area contributed by atoms with Crippen LogP contribution in [0.15, 0.2) is 18.3 Å². The third kappa shape index (κ3) is 1.92. The number of fused-ring (bicyclic) bond motifs is 1. The lowest BCUT2D eigenvalue weighted by Crippen LogP contribution is -2.21. The molecule has 2 fully saturated rings. The van der Waals surface area contributed by atoms with Crippen molar-refractivity contribution in [3.05, 3.63) is 24.0 Å². The molecule has 2 aliphatic rings. The first-order valence-electron chi connectivity index (χ1n) is 6.24. The number of aromatic nitrogens is 1. The van der Waals surface area contributed by atoms with E-state index in [1.165, 1.54) is 32.4 Å². The van der Waals surface area contributed by atoms with Gasteiger partial charge in [-0.05, 0) is 36.8 Å². The van der Waals surface area contributed by atoms with Crippen LogP contribution in [-0.2, 0) is 6.54 Å². The smallest absolute Gasteiger partial charge is 0.0545 e. The quantitative estimate of drug-likeness (QED) is 0.822. The van der Waals surface area contributed by atoms with E-state index in [2.05, 4.69) is 9.88 Å². The van der Waals surface area contributed by atoms with Crippen molar-refractivity contribution in [1.29, 1.82) is 0 Å². The normalized spacial score (nSPS) is 29.5. The van der Waals surface area contributed by atoms with Crippen molar-refractivity contribution < 1.29 is 0 Å². The van der Waals surface area contributed by atoms with E-state index < -0.39 is 0 Å². The Hall–Kier alpha value is -1.09. The number of anilines is 1. The highest BCUT2D eigenvalue weighted by Crippen LogP contribution is 2.37. The van der Waals surface area contributed by atoms with E-state index in [0.717, 1.165) is 29.8 Å². The predicted octanol–water partition coefficient (Wildman–Crippen LogP) is 1.90. The second-order valence-corrected chi connectivity index (χ2v) is 5.23. The summed E-state index contributed by atoms with van der Waals surface area (Å²) in [6.07, 6.45) is 6.09. The van der Waals surface area contributed by atoms with Crippen LogP contribution in [0.4, 0.5) is 5.69 Å². The van der Waals surface area contributed by atoms with Crippen LogP contribution in [0.3, 0.4) is 0 Å². The maximum Gasteiger partial charge on any atom is 0.0545 e. The Bertz CT molecular complexity index is 348. The number of hydrogen-bond donors (Lipinski definition) is 1. The van der Waals surface area contributed by atoms with Gasteiger partial charge in [0.15, 0.2) is 0 Å². The third-order valence-electron chi connectivity index (χ3n) is 4.04. The molecule has 2 heterocycles. The molecule has 3 heteroatoms. The van der Waals surface area contributed by atoms with E-state index in [4.69, 9.17) is 5.73 Å². The molecule has 0 aromatic carbocycles. The largest absolute Gasteiger partial charge is 0.397 e. The van der Waals surface area contributed by atoms with Crippen molar-refractivity contribution >= 4 is 5.69 Å². The summed E-state index contributed by atoms with van der Waals surface area (Å²) in [5.41, 5.74) is 7.53. The van der Waals surface area contributed by atoms with Crippen molar-refractivity contribution in [3.63, 3.8) is 0 Å². The molecule has 3 nitrogen and oxygen atoms in total. The van der Waals surface area contributed by atoms with Crippen LogP contribution in [0.5, 0.6) is 0 Å². The van der Waals surface area contributed by atoms with Gasteiger partial charge < -0.3 is 5.73 Å². The average molecular weight is 217 g/mol. The maximum absolute atomic E-state index is 5.63. The highest BCUT2D eigenvalue weighted by atomic mass is 15.2. The van der Waals surface area contributed by atoms with Gasteiger partial charge in [-0.1, -0.05) is 6.42 Å². The first-order valence-corrected chi connectivity index (χ1v) is 6.24. The molecule has 0 spiro atoms. The fourth-order valence-corrected chi connectivity index (χ4v) is 3.22. The van der Waals surface area contributed by atoms with Crippen LogP contribution < -0.4 is 5.73 Å². The minimum absolute atomic E-state index is 0.752. The molecule has 0 bridgehead atoms. The van der Waals surface area contributed by atoms with Gasteiger partial charge in [0.25, 0.3) is 0 Å². The molecule has 1 aliphatic heterocycles. The molecule has 86 valence electrons. The number of nitrogen functional groups attached to an aromatic ring is 1. The molecule has 1 saturated carbocycles. The molecule has 1 aromatic rings. The average Bonchev–Trinajstić information content (AvgIpc) is 2.81. The van der Waals surface area contributed by atoms with Gasteiger partial charge in [0.2, 0.25) is 0 Å². The minimum atomic E-state index is 0.752. The molecule has 0 amide bonds. The topological polar surface area (TPSA) is 42.1 Å². The van der Waals surface area contributed by atoms with Crippen LogP contribution in [0.2, 0.25) is 0 Å². The molecule has 1 aromatic heterocycles. The summed E-state index contributed by atoms with van der Waals surface area (Å²) in [6.45, 7) is 3.54. The SMILES string of the molecule is Nc1ccc(CN2CC3CCCC3C2)nc1. The van der Waals surface area contributed by atoms with Gasteiger partial charge in [0.05, 0.1) is 17.6 Å². The zero-order chi connectivity index (χ0) is 11.0. The van der Waals surface area contributed by atoms with Gasteiger partial charge in [0.1, 0.15) is 0 Å². The number of rotatable bonds is 2. The van der Waals surface area contributed by atoms with Crippen molar-refractivity contribution in [2.24, 2.45) is 11.8 Å². The Morgan fingerprint density at radius 1 is 1.25 bits per heavy atom. The summed E-state index contributed by atoms with van der Waals surface area (Å²) >= 11 is 0. The summed E-state index contributed by atoms with van der Waals surface area (Å²) in [6, 6.07) is 3.99. The Balaban J connectivity index is 1.62. The van der Waals surface area contributed by atoms with Crippen LogP contribution >= 0.6 is 0 Å². The standard InChI is InChI=1S/C13H19N3/c14-12-4-5-13(15-6-12)9-16-7-10-2-1-3-11(10)8-16/h4-6,10-11H,1-3,7-9,14H2. The van der Waals surface area contributed by atoms with Crippen molar-refractivity contribution in [2.45, 2.75) is 25.8 Å². The lowest BCUT2D eigenvalue weighted by atomic mass is 10.0. The molecule has 16 heavy (non-hydrogen) atoms. The number of likely N-dealkylation sites (tertiary alicyclic amines) is 1. The second-order valence-electron chi connectivity index (χ2n) is 5.23. The van der Waals surface area contributed by atoms with E-state index in [1.807, 2.05) is 12.1 Å². The van der Waals surface area contributed by atoms with E-state index in [-0.39, 0.29) is 0 Å². The molecule has 2 atom stereocenters. The van der Waals surface area contributed by atoms with Crippen molar-refractivity contribution in [1.82, 2.24) is 9.88 Å². The number of pyridine rings is 1. The number of hydrogen-bond acceptors (Lipinski definition) is 3. The highest BCUT2D eigenvalue weighted by molar-refractivity contribution is 5.34. The molecule has 1 saturated heterocycles. The molecule has 2 unspecified atom stereocenters. The minimum Gasteiger partial charge on any atom is -0.397 e. The van der Waals surface area contributed by atoms with Crippen LogP contribution in [0.25, 0.3) is 0 Å². The molecular weight excluding hydrogens is 198 g/mol. The van der Waals surface area contributed by atoms with E-state index in [0.29, 0.717) is 0 Å². The van der Waals surface area contributed by atoms with E-state index in [9.17, 15) is 0 Å². The van der Waals surface area contributed by atoms with Gasteiger partial charge in [-0.15, -0.1) is 0 Å². The summed E-state index contributed by atoms with van der Waals surface area (Å²) < 4.78 is 0. The van der Waals surface area contributed by atoms with E-state index >= 15 is 0 Å². The maximum atomic E-state index is 5.63. The van der Waals surface area contributed by atoms with Crippen LogP contribution in [-0.4, -0.2) is 23.0 Å². The number of nitrogens with zero attached hydrogens (tertiary/aromatic N) is 2.